The van der Waals surface area contributed by atoms with Gasteiger partial charge in [0, 0.05) is 35.3 Å². The van der Waals surface area contributed by atoms with Crippen molar-refractivity contribution in [3.63, 3.8) is 0 Å². The Labute approximate surface area is 178 Å². The molecular weight excluding hydrogens is 435 g/mol. The molecule has 0 unspecified atom stereocenters. The van der Waals surface area contributed by atoms with Crippen LogP contribution in [-0.2, 0) is 0 Å². The molecule has 0 spiro atoms. The number of imidazole rings is 1. The van der Waals surface area contributed by atoms with Gasteiger partial charge in [0.15, 0.2) is 4.96 Å². The number of hydrogen-bond donors (Lipinski definition) is 1. The van der Waals surface area contributed by atoms with Gasteiger partial charge >= 0.3 is 0 Å². The molecule has 0 radical (unpaired) electrons. The van der Waals surface area contributed by atoms with E-state index in [1.807, 2.05) is 6.92 Å². The molecular formula is C19H12Cl2N4O3S. The Hall–Kier alpha value is -2.94. The summed E-state index contributed by atoms with van der Waals surface area (Å²) in [6.45, 7) is 1.81. The number of carbonyl (C=O) groups excluding carboxylic acids is 1. The number of aromatic nitrogens is 2. The molecule has 1 amide bonds. The zero-order valence-electron chi connectivity index (χ0n) is 14.8. The molecule has 0 aliphatic carbocycles. The molecule has 2 heterocycles. The zero-order chi connectivity index (χ0) is 20.7. The molecule has 10 heteroatoms. The van der Waals surface area contributed by atoms with Crippen molar-refractivity contribution < 1.29 is 9.72 Å². The summed E-state index contributed by atoms with van der Waals surface area (Å²) in [4.78, 5) is 28.9. The fraction of sp³-hybridized carbons (Fsp3) is 0.0526. The lowest BCUT2D eigenvalue weighted by Crippen LogP contribution is -2.11. The number of carbonyl (C=O) groups is 1. The summed E-state index contributed by atoms with van der Waals surface area (Å²) in [5.74, 6) is -0.284. The summed E-state index contributed by atoms with van der Waals surface area (Å²) < 4.78 is 1.79. The van der Waals surface area contributed by atoms with Crippen molar-refractivity contribution in [1.82, 2.24) is 9.38 Å². The third-order valence-electron chi connectivity index (χ3n) is 4.29. The van der Waals surface area contributed by atoms with Crippen LogP contribution in [0, 0.1) is 17.0 Å². The van der Waals surface area contributed by atoms with Crippen LogP contribution < -0.4 is 5.32 Å². The van der Waals surface area contributed by atoms with E-state index in [1.54, 1.807) is 40.9 Å². The highest BCUT2D eigenvalue weighted by atomic mass is 35.5. The number of benzene rings is 2. The third-order valence-corrected chi connectivity index (χ3v) is 6.19. The minimum absolute atomic E-state index is 0.00253. The van der Waals surface area contributed by atoms with Gasteiger partial charge < -0.3 is 5.32 Å². The van der Waals surface area contributed by atoms with Gasteiger partial charge in [-0.15, -0.1) is 0 Å². The molecule has 0 saturated carbocycles. The number of aryl methyl sites for hydroxylation is 1. The van der Waals surface area contributed by atoms with E-state index in [-0.39, 0.29) is 11.6 Å². The molecule has 4 rings (SSSR count). The van der Waals surface area contributed by atoms with Crippen molar-refractivity contribution in [3.8, 4) is 11.3 Å². The fourth-order valence-electron chi connectivity index (χ4n) is 2.84. The lowest BCUT2D eigenvalue weighted by Gasteiger charge is -2.05. The standard InChI is InChI=1S/C19H12Cl2N4O3S/c1-10-17(18(26)22-12-5-6-14(20)15(21)8-12)29-19-23-16(9-24(10)19)11-3-2-4-13(7-11)25(27)28/h2-9H,1H3,(H,22,26). The first-order valence-corrected chi connectivity index (χ1v) is 9.90. The van der Waals surface area contributed by atoms with Gasteiger partial charge in [-0.3, -0.25) is 19.3 Å². The van der Waals surface area contributed by atoms with E-state index < -0.39 is 4.92 Å². The van der Waals surface area contributed by atoms with Crippen molar-refractivity contribution in [3.05, 3.63) is 79.4 Å². The maximum absolute atomic E-state index is 12.7. The quantitative estimate of drug-likeness (QED) is 0.315. The van der Waals surface area contributed by atoms with Crippen LogP contribution in [-0.4, -0.2) is 20.2 Å². The van der Waals surface area contributed by atoms with Gasteiger partial charge in [-0.25, -0.2) is 4.98 Å². The molecule has 0 aliphatic heterocycles. The Morgan fingerprint density at radius 3 is 2.69 bits per heavy atom. The molecule has 1 N–H and O–H groups in total. The lowest BCUT2D eigenvalue weighted by atomic mass is 10.1. The van der Waals surface area contributed by atoms with Gasteiger partial charge in [-0.2, -0.15) is 0 Å². The predicted molar refractivity (Wildman–Crippen MR) is 114 cm³/mol. The van der Waals surface area contributed by atoms with Gasteiger partial charge in [-0.1, -0.05) is 46.7 Å². The van der Waals surface area contributed by atoms with E-state index in [9.17, 15) is 14.9 Å². The van der Waals surface area contributed by atoms with Crippen molar-refractivity contribution in [2.45, 2.75) is 6.92 Å². The molecule has 0 saturated heterocycles. The van der Waals surface area contributed by atoms with Crippen LogP contribution in [0.3, 0.4) is 0 Å². The van der Waals surface area contributed by atoms with Crippen LogP contribution in [0.5, 0.6) is 0 Å². The predicted octanol–water partition coefficient (Wildman–Crippen LogP) is 5.84. The Bertz CT molecular complexity index is 1280. The summed E-state index contributed by atoms with van der Waals surface area (Å²) in [6.07, 6.45) is 1.76. The molecule has 4 aromatic rings. The molecule has 0 bridgehead atoms. The molecule has 29 heavy (non-hydrogen) atoms. The van der Waals surface area contributed by atoms with Gasteiger partial charge in [0.25, 0.3) is 11.6 Å². The monoisotopic (exact) mass is 446 g/mol. The molecule has 0 atom stereocenters. The highest BCUT2D eigenvalue weighted by molar-refractivity contribution is 7.19. The number of hydrogen-bond acceptors (Lipinski definition) is 5. The van der Waals surface area contributed by atoms with Crippen molar-refractivity contribution in [2.24, 2.45) is 0 Å². The minimum atomic E-state index is -0.446. The van der Waals surface area contributed by atoms with Crippen molar-refractivity contribution in [2.75, 3.05) is 5.32 Å². The van der Waals surface area contributed by atoms with Gasteiger partial charge in [-0.05, 0) is 25.1 Å². The summed E-state index contributed by atoms with van der Waals surface area (Å²) >= 11 is 13.1. The number of nitro benzene ring substituents is 1. The SMILES string of the molecule is Cc1c(C(=O)Nc2ccc(Cl)c(Cl)c2)sc2nc(-c3cccc([N+](=O)[O-])c3)cn12. The Balaban J connectivity index is 1.64. The van der Waals surface area contributed by atoms with E-state index in [2.05, 4.69) is 10.3 Å². The number of nitrogens with zero attached hydrogens (tertiary/aromatic N) is 3. The second-order valence-corrected chi connectivity index (χ2v) is 7.98. The highest BCUT2D eigenvalue weighted by Gasteiger charge is 2.19. The van der Waals surface area contributed by atoms with E-state index in [1.165, 1.54) is 23.5 Å². The number of anilines is 1. The Morgan fingerprint density at radius 1 is 1.21 bits per heavy atom. The average Bonchev–Trinajstić information content (AvgIpc) is 3.24. The number of nitro groups is 1. The Morgan fingerprint density at radius 2 is 2.00 bits per heavy atom. The van der Waals surface area contributed by atoms with E-state index in [0.717, 1.165) is 0 Å². The molecule has 0 aliphatic rings. The van der Waals surface area contributed by atoms with Crippen LogP contribution in [0.1, 0.15) is 15.4 Å². The topological polar surface area (TPSA) is 89.5 Å². The third kappa shape index (κ3) is 3.69. The maximum Gasteiger partial charge on any atom is 0.270 e. The summed E-state index contributed by atoms with van der Waals surface area (Å²) in [5, 5.41) is 14.5. The van der Waals surface area contributed by atoms with Crippen LogP contribution >= 0.6 is 34.5 Å². The number of thiazole rings is 1. The number of nitrogens with one attached hydrogen (secondary N) is 1. The zero-order valence-corrected chi connectivity index (χ0v) is 17.2. The van der Waals surface area contributed by atoms with Gasteiger partial charge in [0.2, 0.25) is 0 Å². The minimum Gasteiger partial charge on any atom is -0.321 e. The first kappa shape index (κ1) is 19.4. The van der Waals surface area contributed by atoms with E-state index in [4.69, 9.17) is 23.2 Å². The molecule has 2 aromatic heterocycles. The molecule has 7 nitrogen and oxygen atoms in total. The second kappa shape index (κ2) is 7.47. The number of non-ortho nitro benzene ring substituents is 1. The van der Waals surface area contributed by atoms with Crippen LogP contribution in [0.2, 0.25) is 10.0 Å². The smallest absolute Gasteiger partial charge is 0.270 e. The van der Waals surface area contributed by atoms with Gasteiger partial charge in [0.05, 0.1) is 20.7 Å². The number of halogens is 2. The molecule has 146 valence electrons. The number of amides is 1. The Kier molecular flexibility index (Phi) is 4.99. The normalized spacial score (nSPS) is 11.0. The van der Waals surface area contributed by atoms with Crippen LogP contribution in [0.25, 0.3) is 16.2 Å². The van der Waals surface area contributed by atoms with Gasteiger partial charge in [0.1, 0.15) is 4.88 Å². The number of rotatable bonds is 4. The summed E-state index contributed by atoms with van der Waals surface area (Å²) in [7, 11) is 0. The lowest BCUT2D eigenvalue weighted by molar-refractivity contribution is -0.384. The van der Waals surface area contributed by atoms with E-state index >= 15 is 0 Å². The maximum atomic E-state index is 12.7. The molecule has 0 fully saturated rings. The first-order valence-electron chi connectivity index (χ1n) is 8.33. The fourth-order valence-corrected chi connectivity index (χ4v) is 4.14. The van der Waals surface area contributed by atoms with Crippen LogP contribution in [0.4, 0.5) is 11.4 Å². The highest BCUT2D eigenvalue weighted by Crippen LogP contribution is 2.30. The van der Waals surface area contributed by atoms with Crippen molar-refractivity contribution >= 4 is 56.8 Å². The van der Waals surface area contributed by atoms with Crippen LogP contribution in [0.15, 0.2) is 48.7 Å². The number of fused-ring (bicyclic) bond motifs is 1. The molecule has 2 aromatic carbocycles. The van der Waals surface area contributed by atoms with E-state index in [0.29, 0.717) is 42.5 Å². The largest absolute Gasteiger partial charge is 0.321 e. The average molecular weight is 447 g/mol. The second-order valence-electron chi connectivity index (χ2n) is 6.19. The summed E-state index contributed by atoms with van der Waals surface area (Å²) in [6, 6.07) is 11.1. The summed E-state index contributed by atoms with van der Waals surface area (Å²) in [5.41, 5.74) is 2.48. The first-order chi connectivity index (χ1) is 13.8. The van der Waals surface area contributed by atoms with Crippen molar-refractivity contribution in [1.29, 1.82) is 0 Å².